The van der Waals surface area contributed by atoms with E-state index in [9.17, 15) is 4.39 Å². The molecule has 0 fully saturated rings. The zero-order chi connectivity index (χ0) is 8.81. The van der Waals surface area contributed by atoms with E-state index < -0.39 is 0 Å². The van der Waals surface area contributed by atoms with Gasteiger partial charge in [-0.3, -0.25) is 0 Å². The van der Waals surface area contributed by atoms with E-state index in [1.807, 2.05) is 6.07 Å². The number of benzene rings is 1. The van der Waals surface area contributed by atoms with Gasteiger partial charge in [0.15, 0.2) is 0 Å². The summed E-state index contributed by atoms with van der Waals surface area (Å²) in [6.07, 6.45) is 0. The summed E-state index contributed by atoms with van der Waals surface area (Å²) >= 11 is 0. The maximum Gasteiger partial charge on any atom is 0.123 e. The molecule has 0 atom stereocenters. The van der Waals surface area contributed by atoms with Crippen molar-refractivity contribution in [3.63, 3.8) is 0 Å². The van der Waals surface area contributed by atoms with Crippen LogP contribution >= 0.6 is 0 Å². The zero-order valence-electron chi connectivity index (χ0n) is 6.89. The van der Waals surface area contributed by atoms with Gasteiger partial charge >= 0.3 is 0 Å². The first-order valence-electron chi connectivity index (χ1n) is 3.98. The standard InChI is InChI=1S/C9H13FN2/c10-9-3-1-2-8(6-9)7-12-5-4-11/h1-3,6,12H,4-5,7,11H2. The van der Waals surface area contributed by atoms with Gasteiger partial charge < -0.3 is 11.1 Å². The van der Waals surface area contributed by atoms with Gasteiger partial charge in [-0.2, -0.15) is 0 Å². The highest BCUT2D eigenvalue weighted by molar-refractivity contribution is 5.15. The molecule has 12 heavy (non-hydrogen) atoms. The van der Waals surface area contributed by atoms with Gasteiger partial charge in [0.05, 0.1) is 0 Å². The Balaban J connectivity index is 2.41. The topological polar surface area (TPSA) is 38.0 Å². The van der Waals surface area contributed by atoms with Crippen molar-refractivity contribution in [1.82, 2.24) is 5.32 Å². The van der Waals surface area contributed by atoms with E-state index in [1.54, 1.807) is 6.07 Å². The Labute approximate surface area is 71.6 Å². The van der Waals surface area contributed by atoms with Crippen LogP contribution < -0.4 is 11.1 Å². The van der Waals surface area contributed by atoms with Crippen molar-refractivity contribution in [3.8, 4) is 0 Å². The summed E-state index contributed by atoms with van der Waals surface area (Å²) in [6, 6.07) is 6.54. The summed E-state index contributed by atoms with van der Waals surface area (Å²) in [5, 5.41) is 3.09. The van der Waals surface area contributed by atoms with E-state index in [0.717, 1.165) is 12.1 Å². The molecule has 0 heterocycles. The second-order valence-corrected chi connectivity index (χ2v) is 2.60. The molecule has 0 bridgehead atoms. The van der Waals surface area contributed by atoms with Gasteiger partial charge in [-0.25, -0.2) is 4.39 Å². The second kappa shape index (κ2) is 4.85. The van der Waals surface area contributed by atoms with Gasteiger partial charge in [-0.1, -0.05) is 12.1 Å². The lowest BCUT2D eigenvalue weighted by atomic mass is 10.2. The Morgan fingerprint density at radius 1 is 1.42 bits per heavy atom. The summed E-state index contributed by atoms with van der Waals surface area (Å²) in [5.41, 5.74) is 6.23. The Bertz CT molecular complexity index is 238. The average molecular weight is 168 g/mol. The predicted molar refractivity (Wildman–Crippen MR) is 47.2 cm³/mol. The van der Waals surface area contributed by atoms with Crippen molar-refractivity contribution in [2.45, 2.75) is 6.54 Å². The first-order chi connectivity index (χ1) is 5.83. The van der Waals surface area contributed by atoms with Gasteiger partial charge in [0.1, 0.15) is 5.82 Å². The van der Waals surface area contributed by atoms with Crippen LogP contribution in [0.3, 0.4) is 0 Å². The smallest absolute Gasteiger partial charge is 0.123 e. The molecule has 0 aromatic heterocycles. The fourth-order valence-corrected chi connectivity index (χ4v) is 0.982. The lowest BCUT2D eigenvalue weighted by molar-refractivity contribution is 0.620. The molecule has 1 rings (SSSR count). The van der Waals surface area contributed by atoms with Gasteiger partial charge in [0.25, 0.3) is 0 Å². The number of rotatable bonds is 4. The Hall–Kier alpha value is -0.930. The largest absolute Gasteiger partial charge is 0.329 e. The minimum absolute atomic E-state index is 0.193. The lowest BCUT2D eigenvalue weighted by Crippen LogP contribution is -2.21. The van der Waals surface area contributed by atoms with Crippen LogP contribution in [0.15, 0.2) is 24.3 Å². The van der Waals surface area contributed by atoms with Crippen molar-refractivity contribution in [1.29, 1.82) is 0 Å². The molecule has 0 saturated carbocycles. The molecule has 3 heteroatoms. The van der Waals surface area contributed by atoms with Crippen LogP contribution in [0.2, 0.25) is 0 Å². The van der Waals surface area contributed by atoms with Gasteiger partial charge in [0, 0.05) is 19.6 Å². The van der Waals surface area contributed by atoms with E-state index in [0.29, 0.717) is 13.1 Å². The van der Waals surface area contributed by atoms with Crippen LogP contribution in [0.5, 0.6) is 0 Å². The molecule has 3 N–H and O–H groups in total. The maximum absolute atomic E-state index is 12.6. The fourth-order valence-electron chi connectivity index (χ4n) is 0.982. The number of hydrogen-bond donors (Lipinski definition) is 2. The predicted octanol–water partition coefficient (Wildman–Crippen LogP) is 0.874. The van der Waals surface area contributed by atoms with E-state index in [1.165, 1.54) is 12.1 Å². The molecule has 0 aliphatic rings. The van der Waals surface area contributed by atoms with Crippen molar-refractivity contribution in [2.24, 2.45) is 5.73 Å². The van der Waals surface area contributed by atoms with E-state index in [4.69, 9.17) is 5.73 Å². The Morgan fingerprint density at radius 3 is 2.92 bits per heavy atom. The fraction of sp³-hybridized carbons (Fsp3) is 0.333. The number of halogens is 1. The van der Waals surface area contributed by atoms with Crippen LogP contribution in [0.1, 0.15) is 5.56 Å². The molecule has 1 aromatic rings. The molecule has 0 amide bonds. The maximum atomic E-state index is 12.6. The summed E-state index contributed by atoms with van der Waals surface area (Å²) < 4.78 is 12.6. The molecule has 2 nitrogen and oxygen atoms in total. The summed E-state index contributed by atoms with van der Waals surface area (Å²) in [5.74, 6) is -0.193. The first-order valence-corrected chi connectivity index (χ1v) is 3.98. The molecule has 0 radical (unpaired) electrons. The highest BCUT2D eigenvalue weighted by Crippen LogP contribution is 2.02. The first kappa shape index (κ1) is 9.16. The van der Waals surface area contributed by atoms with E-state index >= 15 is 0 Å². The molecule has 66 valence electrons. The van der Waals surface area contributed by atoms with Crippen molar-refractivity contribution >= 4 is 0 Å². The van der Waals surface area contributed by atoms with Gasteiger partial charge in [-0.15, -0.1) is 0 Å². The van der Waals surface area contributed by atoms with Gasteiger partial charge in [-0.05, 0) is 17.7 Å². The van der Waals surface area contributed by atoms with Crippen molar-refractivity contribution in [3.05, 3.63) is 35.6 Å². The third-order valence-electron chi connectivity index (χ3n) is 1.54. The van der Waals surface area contributed by atoms with Crippen LogP contribution in [0.4, 0.5) is 4.39 Å². The molecular weight excluding hydrogens is 155 g/mol. The van der Waals surface area contributed by atoms with Crippen LogP contribution in [0, 0.1) is 5.82 Å². The van der Waals surface area contributed by atoms with Gasteiger partial charge in [0.2, 0.25) is 0 Å². The summed E-state index contributed by atoms with van der Waals surface area (Å²) in [4.78, 5) is 0. The zero-order valence-corrected chi connectivity index (χ0v) is 6.89. The summed E-state index contributed by atoms with van der Waals surface area (Å²) in [6.45, 7) is 2.04. The van der Waals surface area contributed by atoms with Crippen LogP contribution in [-0.2, 0) is 6.54 Å². The monoisotopic (exact) mass is 168 g/mol. The van der Waals surface area contributed by atoms with Crippen molar-refractivity contribution < 1.29 is 4.39 Å². The van der Waals surface area contributed by atoms with Crippen LogP contribution in [-0.4, -0.2) is 13.1 Å². The third kappa shape index (κ3) is 2.98. The minimum Gasteiger partial charge on any atom is -0.329 e. The molecule has 0 aliphatic carbocycles. The molecule has 1 aromatic carbocycles. The summed E-state index contributed by atoms with van der Waals surface area (Å²) in [7, 11) is 0. The number of nitrogens with one attached hydrogen (secondary N) is 1. The number of nitrogens with two attached hydrogens (primary N) is 1. The van der Waals surface area contributed by atoms with E-state index in [-0.39, 0.29) is 5.82 Å². The quantitative estimate of drug-likeness (QED) is 0.655. The van der Waals surface area contributed by atoms with Crippen LogP contribution in [0.25, 0.3) is 0 Å². The lowest BCUT2D eigenvalue weighted by Gasteiger charge is -2.02. The minimum atomic E-state index is -0.193. The third-order valence-corrected chi connectivity index (χ3v) is 1.54. The highest BCUT2D eigenvalue weighted by atomic mass is 19.1. The Kier molecular flexibility index (Phi) is 3.70. The number of hydrogen-bond acceptors (Lipinski definition) is 2. The average Bonchev–Trinajstić information content (AvgIpc) is 2.05. The SMILES string of the molecule is NCCNCc1cccc(F)c1. The molecule has 0 spiro atoms. The Morgan fingerprint density at radius 2 is 2.25 bits per heavy atom. The second-order valence-electron chi connectivity index (χ2n) is 2.60. The molecule has 0 aliphatic heterocycles. The molecule has 0 saturated heterocycles. The van der Waals surface area contributed by atoms with E-state index in [2.05, 4.69) is 5.32 Å². The normalized spacial score (nSPS) is 10.2. The molecular formula is C9H13FN2. The molecule has 0 unspecified atom stereocenters. The van der Waals surface area contributed by atoms with Crippen molar-refractivity contribution in [2.75, 3.05) is 13.1 Å². The highest BCUT2D eigenvalue weighted by Gasteiger charge is 1.93.